The zero-order valence-electron chi connectivity index (χ0n) is 15.3. The number of rotatable bonds is 6. The molecule has 2 aromatic rings. The number of aromatic nitrogens is 3. The summed E-state index contributed by atoms with van der Waals surface area (Å²) in [5.41, 5.74) is 2.29. The van der Waals surface area contributed by atoms with Crippen LogP contribution in [0.2, 0.25) is 0 Å². The van der Waals surface area contributed by atoms with Crippen LogP contribution in [0.1, 0.15) is 31.2 Å². The summed E-state index contributed by atoms with van der Waals surface area (Å²) >= 11 is 0. The van der Waals surface area contributed by atoms with Crippen molar-refractivity contribution in [2.45, 2.75) is 39.3 Å². The molecule has 1 saturated heterocycles. The molecule has 7 heteroatoms. The topological polar surface area (TPSA) is 68.1 Å². The molecule has 0 unspecified atom stereocenters. The third-order valence-electron chi connectivity index (χ3n) is 5.24. The largest absolute Gasteiger partial charge is 0.297 e. The first kappa shape index (κ1) is 17.7. The molecule has 1 aliphatic heterocycles. The third-order valence-corrected chi connectivity index (χ3v) is 6.85. The molecule has 2 heterocycles. The molecule has 4 rings (SSSR count). The minimum absolute atomic E-state index is 0.272. The van der Waals surface area contributed by atoms with E-state index in [4.69, 9.17) is 4.98 Å². The molecule has 1 aromatic carbocycles. The molecule has 1 aromatic heterocycles. The molecular weight excluding hydrogens is 348 g/mol. The van der Waals surface area contributed by atoms with Crippen molar-refractivity contribution >= 4 is 9.84 Å². The van der Waals surface area contributed by atoms with Crippen LogP contribution in [0.3, 0.4) is 0 Å². The van der Waals surface area contributed by atoms with Gasteiger partial charge in [-0.25, -0.2) is 18.1 Å². The standard InChI is InChI=1S/C19H26N4O2S/c1-2-23-19(20-18(21-23)13-15-3-4-15)17-7-5-16(6-8-17)14-22-9-11-26(24,25)12-10-22/h5-8,15H,2-4,9-14H2,1H3. The highest BCUT2D eigenvalue weighted by Crippen LogP contribution is 2.32. The van der Waals surface area contributed by atoms with Gasteiger partial charge in [-0.1, -0.05) is 24.3 Å². The number of hydrogen-bond donors (Lipinski definition) is 0. The molecule has 1 aliphatic carbocycles. The Balaban J connectivity index is 1.45. The first-order valence-corrected chi connectivity index (χ1v) is 11.3. The van der Waals surface area contributed by atoms with E-state index in [2.05, 4.69) is 41.2 Å². The summed E-state index contributed by atoms with van der Waals surface area (Å²) in [5.74, 6) is 3.23. The molecule has 2 fully saturated rings. The maximum atomic E-state index is 11.5. The Labute approximate surface area is 155 Å². The summed E-state index contributed by atoms with van der Waals surface area (Å²) in [6, 6.07) is 8.45. The Morgan fingerprint density at radius 2 is 1.81 bits per heavy atom. The van der Waals surface area contributed by atoms with Crippen LogP contribution in [0.4, 0.5) is 0 Å². The van der Waals surface area contributed by atoms with Gasteiger partial charge in [-0.05, 0) is 31.2 Å². The highest BCUT2D eigenvalue weighted by atomic mass is 32.2. The fraction of sp³-hybridized carbons (Fsp3) is 0.579. The molecule has 2 aliphatic rings. The van der Waals surface area contributed by atoms with E-state index in [1.807, 2.05) is 4.68 Å². The van der Waals surface area contributed by atoms with Crippen molar-refractivity contribution in [3.63, 3.8) is 0 Å². The second-order valence-corrected chi connectivity index (χ2v) is 9.74. The number of hydrogen-bond acceptors (Lipinski definition) is 5. The SMILES string of the molecule is CCn1nc(CC2CC2)nc1-c1ccc(CN2CCS(=O)(=O)CC2)cc1. The average molecular weight is 375 g/mol. The summed E-state index contributed by atoms with van der Waals surface area (Å²) in [6.45, 7) is 4.95. The second-order valence-electron chi connectivity index (χ2n) is 7.44. The first-order valence-electron chi connectivity index (χ1n) is 9.48. The van der Waals surface area contributed by atoms with Crippen LogP contribution in [0.5, 0.6) is 0 Å². The minimum atomic E-state index is -2.82. The molecule has 0 atom stereocenters. The van der Waals surface area contributed by atoms with E-state index in [9.17, 15) is 8.42 Å². The summed E-state index contributed by atoms with van der Waals surface area (Å²) in [4.78, 5) is 6.97. The minimum Gasteiger partial charge on any atom is -0.297 e. The molecule has 26 heavy (non-hydrogen) atoms. The number of nitrogens with zero attached hydrogens (tertiary/aromatic N) is 4. The van der Waals surface area contributed by atoms with Crippen LogP contribution in [0.15, 0.2) is 24.3 Å². The number of sulfone groups is 1. The Morgan fingerprint density at radius 3 is 2.42 bits per heavy atom. The van der Waals surface area contributed by atoms with Gasteiger partial charge < -0.3 is 0 Å². The van der Waals surface area contributed by atoms with Crippen LogP contribution in [0, 0.1) is 5.92 Å². The van der Waals surface area contributed by atoms with Crippen LogP contribution < -0.4 is 0 Å². The van der Waals surface area contributed by atoms with E-state index in [1.165, 1.54) is 18.4 Å². The molecule has 0 bridgehead atoms. The quantitative estimate of drug-likeness (QED) is 0.775. The van der Waals surface area contributed by atoms with Gasteiger partial charge in [0.15, 0.2) is 21.5 Å². The Bertz CT molecular complexity index is 855. The highest BCUT2D eigenvalue weighted by Gasteiger charge is 2.24. The van der Waals surface area contributed by atoms with Crippen LogP contribution in [-0.2, 0) is 29.3 Å². The van der Waals surface area contributed by atoms with Crippen molar-refractivity contribution in [3.05, 3.63) is 35.7 Å². The second kappa shape index (κ2) is 7.12. The lowest BCUT2D eigenvalue weighted by molar-refractivity contribution is 0.287. The lowest BCUT2D eigenvalue weighted by Crippen LogP contribution is -2.39. The van der Waals surface area contributed by atoms with Crippen molar-refractivity contribution in [2.75, 3.05) is 24.6 Å². The molecule has 0 N–H and O–H groups in total. The maximum Gasteiger partial charge on any atom is 0.158 e. The monoisotopic (exact) mass is 374 g/mol. The Morgan fingerprint density at radius 1 is 1.12 bits per heavy atom. The lowest BCUT2D eigenvalue weighted by atomic mass is 10.1. The van der Waals surface area contributed by atoms with Gasteiger partial charge in [-0.3, -0.25) is 4.90 Å². The van der Waals surface area contributed by atoms with Crippen molar-refractivity contribution in [1.29, 1.82) is 0 Å². The van der Waals surface area contributed by atoms with E-state index in [0.29, 0.717) is 13.1 Å². The Kier molecular flexibility index (Phi) is 4.84. The molecule has 0 spiro atoms. The number of aryl methyl sites for hydroxylation is 1. The molecule has 1 saturated carbocycles. The van der Waals surface area contributed by atoms with E-state index < -0.39 is 9.84 Å². The predicted octanol–water partition coefficient (Wildman–Crippen LogP) is 2.15. The molecule has 0 amide bonds. The first-order chi connectivity index (χ1) is 12.5. The fourth-order valence-corrected chi connectivity index (χ4v) is 4.69. The van der Waals surface area contributed by atoms with Crippen molar-refractivity contribution in [2.24, 2.45) is 5.92 Å². The summed E-state index contributed by atoms with van der Waals surface area (Å²) < 4.78 is 25.1. The summed E-state index contributed by atoms with van der Waals surface area (Å²) in [5, 5.41) is 4.66. The van der Waals surface area contributed by atoms with E-state index >= 15 is 0 Å². The fourth-order valence-electron chi connectivity index (χ4n) is 3.42. The van der Waals surface area contributed by atoms with Gasteiger partial charge in [0.2, 0.25) is 0 Å². The highest BCUT2D eigenvalue weighted by molar-refractivity contribution is 7.91. The van der Waals surface area contributed by atoms with Gasteiger partial charge >= 0.3 is 0 Å². The lowest BCUT2D eigenvalue weighted by Gasteiger charge is -2.26. The average Bonchev–Trinajstić information content (AvgIpc) is 3.35. The molecular formula is C19H26N4O2S. The van der Waals surface area contributed by atoms with Crippen LogP contribution in [0.25, 0.3) is 11.4 Å². The zero-order valence-corrected chi connectivity index (χ0v) is 16.1. The van der Waals surface area contributed by atoms with Gasteiger partial charge in [0.05, 0.1) is 11.5 Å². The van der Waals surface area contributed by atoms with Crippen molar-refractivity contribution in [3.8, 4) is 11.4 Å². The van der Waals surface area contributed by atoms with Gasteiger partial charge in [0, 0.05) is 38.2 Å². The van der Waals surface area contributed by atoms with Gasteiger partial charge in [0.1, 0.15) is 0 Å². The summed E-state index contributed by atoms with van der Waals surface area (Å²) in [6.07, 6.45) is 3.61. The molecule has 0 radical (unpaired) electrons. The van der Waals surface area contributed by atoms with Gasteiger partial charge in [0.25, 0.3) is 0 Å². The van der Waals surface area contributed by atoms with Crippen molar-refractivity contribution in [1.82, 2.24) is 19.7 Å². The number of benzene rings is 1. The third kappa shape index (κ3) is 4.15. The van der Waals surface area contributed by atoms with Crippen LogP contribution in [-0.4, -0.2) is 52.7 Å². The maximum absolute atomic E-state index is 11.5. The van der Waals surface area contributed by atoms with E-state index in [0.717, 1.165) is 42.6 Å². The predicted molar refractivity (Wildman–Crippen MR) is 101 cm³/mol. The molecule has 6 nitrogen and oxygen atoms in total. The van der Waals surface area contributed by atoms with Crippen molar-refractivity contribution < 1.29 is 8.42 Å². The van der Waals surface area contributed by atoms with E-state index in [-0.39, 0.29) is 11.5 Å². The van der Waals surface area contributed by atoms with Crippen LogP contribution >= 0.6 is 0 Å². The zero-order chi connectivity index (χ0) is 18.1. The van der Waals surface area contributed by atoms with E-state index in [1.54, 1.807) is 0 Å². The van der Waals surface area contributed by atoms with Gasteiger partial charge in [-0.2, -0.15) is 5.10 Å². The normalized spacial score (nSPS) is 20.3. The molecule has 140 valence electrons. The smallest absolute Gasteiger partial charge is 0.158 e. The summed E-state index contributed by atoms with van der Waals surface area (Å²) in [7, 11) is -2.82. The Hall–Kier alpha value is -1.73. The van der Waals surface area contributed by atoms with Gasteiger partial charge in [-0.15, -0.1) is 0 Å².